The predicted molar refractivity (Wildman–Crippen MR) is 131 cm³/mol. The Morgan fingerprint density at radius 2 is 2.08 bits per heavy atom. The zero-order valence-corrected chi connectivity index (χ0v) is 21.0. The summed E-state index contributed by atoms with van der Waals surface area (Å²) >= 11 is 1.29. The van der Waals surface area contributed by atoms with Crippen molar-refractivity contribution < 1.29 is 37.0 Å². The van der Waals surface area contributed by atoms with Gasteiger partial charge in [-0.05, 0) is 49.4 Å². The zero-order chi connectivity index (χ0) is 26.6. The number of aromatic nitrogens is 2. The van der Waals surface area contributed by atoms with Crippen molar-refractivity contribution in [3.63, 3.8) is 0 Å². The van der Waals surface area contributed by atoms with Gasteiger partial charge in [0.05, 0.1) is 24.4 Å². The molecule has 3 aliphatic rings. The van der Waals surface area contributed by atoms with Crippen LogP contribution in [0.5, 0.6) is 11.5 Å². The van der Waals surface area contributed by atoms with E-state index in [-0.39, 0.29) is 31.2 Å². The second kappa shape index (κ2) is 9.22. The van der Waals surface area contributed by atoms with Crippen LogP contribution in [0, 0.1) is 0 Å². The molecular weight excluding hydrogens is 525 g/mol. The van der Waals surface area contributed by atoms with Crippen molar-refractivity contribution >= 4 is 34.0 Å². The third-order valence-electron chi connectivity index (χ3n) is 6.91. The van der Waals surface area contributed by atoms with E-state index in [0.29, 0.717) is 34.0 Å². The first-order chi connectivity index (χ1) is 18.2. The van der Waals surface area contributed by atoms with E-state index >= 15 is 0 Å². The summed E-state index contributed by atoms with van der Waals surface area (Å²) < 4.78 is 59.0. The van der Waals surface area contributed by atoms with Gasteiger partial charge in [-0.1, -0.05) is 6.07 Å². The molecule has 9 nitrogen and oxygen atoms in total. The summed E-state index contributed by atoms with van der Waals surface area (Å²) in [4.78, 5) is 27.1. The Morgan fingerprint density at radius 3 is 2.87 bits per heavy atom. The number of hydrogen-bond donors (Lipinski definition) is 2. The topological polar surface area (TPSA) is 104 Å². The van der Waals surface area contributed by atoms with Gasteiger partial charge in [0.25, 0.3) is 5.91 Å². The average molecular weight is 549 g/mol. The normalized spacial score (nSPS) is 19.5. The number of carbonyl (C=O) groups is 2. The molecule has 2 aliphatic heterocycles. The standard InChI is InChI=1S/C25H23F3N4O5S/c1-2-35-24(34)20-13-4-3-5-18(13)38-23(20)31-22(33)14-10-29-32-19(25(26,27)28)9-15(30-21(14)32)12-6-7-16-17(8-12)37-11-36-16/h6-8,10,15,19,30H,2-5,9,11H2,1H3,(H,31,33)/t15-,19+/m1/s1. The molecule has 6 rings (SSSR count). The van der Waals surface area contributed by atoms with Crippen molar-refractivity contribution in [2.75, 3.05) is 24.0 Å². The lowest BCUT2D eigenvalue weighted by molar-refractivity contribution is -0.173. The van der Waals surface area contributed by atoms with Crippen LogP contribution in [0.25, 0.3) is 0 Å². The minimum Gasteiger partial charge on any atom is -0.462 e. The number of rotatable bonds is 5. The number of thiophene rings is 1. The highest BCUT2D eigenvalue weighted by Gasteiger charge is 2.47. The molecule has 1 amide bonds. The molecular formula is C25H23F3N4O5S. The lowest BCUT2D eigenvalue weighted by Crippen LogP contribution is -2.36. The monoisotopic (exact) mass is 548 g/mol. The molecule has 1 aliphatic carbocycles. The van der Waals surface area contributed by atoms with Gasteiger partial charge in [-0.15, -0.1) is 11.3 Å². The molecule has 2 aromatic heterocycles. The van der Waals surface area contributed by atoms with Crippen LogP contribution in [0.1, 0.15) is 68.6 Å². The Labute approximate surface area is 218 Å². The fourth-order valence-corrected chi connectivity index (χ4v) is 6.43. The molecule has 1 aromatic carbocycles. The highest BCUT2D eigenvalue weighted by atomic mass is 32.1. The molecule has 0 radical (unpaired) electrons. The van der Waals surface area contributed by atoms with E-state index in [4.69, 9.17) is 14.2 Å². The number of fused-ring (bicyclic) bond motifs is 3. The van der Waals surface area contributed by atoms with Crippen molar-refractivity contribution in [1.82, 2.24) is 9.78 Å². The van der Waals surface area contributed by atoms with Gasteiger partial charge < -0.3 is 24.8 Å². The van der Waals surface area contributed by atoms with Crippen molar-refractivity contribution in [3.05, 3.63) is 51.5 Å². The van der Waals surface area contributed by atoms with Gasteiger partial charge in [-0.2, -0.15) is 18.3 Å². The van der Waals surface area contributed by atoms with Crippen LogP contribution >= 0.6 is 11.3 Å². The second-order valence-electron chi connectivity index (χ2n) is 9.19. The molecule has 13 heteroatoms. The number of esters is 1. The highest BCUT2D eigenvalue weighted by molar-refractivity contribution is 7.17. The smallest absolute Gasteiger partial charge is 0.410 e. The van der Waals surface area contributed by atoms with E-state index in [1.165, 1.54) is 11.3 Å². The van der Waals surface area contributed by atoms with Crippen molar-refractivity contribution in [2.45, 2.75) is 50.9 Å². The number of aryl methyl sites for hydroxylation is 1. The molecule has 2 atom stereocenters. The number of nitrogens with one attached hydrogen (secondary N) is 2. The Hall–Kier alpha value is -3.74. The van der Waals surface area contributed by atoms with Gasteiger partial charge in [0, 0.05) is 11.3 Å². The fourth-order valence-electron chi connectivity index (χ4n) is 5.16. The molecule has 0 fully saturated rings. The maximum atomic E-state index is 14.1. The van der Waals surface area contributed by atoms with Crippen LogP contribution in [0.3, 0.4) is 0 Å². The van der Waals surface area contributed by atoms with Crippen LogP contribution < -0.4 is 20.1 Å². The highest BCUT2D eigenvalue weighted by Crippen LogP contribution is 2.46. The zero-order valence-electron chi connectivity index (χ0n) is 20.2. The lowest BCUT2D eigenvalue weighted by atomic mass is 9.96. The summed E-state index contributed by atoms with van der Waals surface area (Å²) in [6.07, 6.45) is -1.42. The number of ether oxygens (including phenoxy) is 3. The molecule has 38 heavy (non-hydrogen) atoms. The molecule has 0 bridgehead atoms. The minimum atomic E-state index is -4.60. The van der Waals surface area contributed by atoms with E-state index in [1.807, 2.05) is 0 Å². The Kier molecular flexibility index (Phi) is 5.97. The van der Waals surface area contributed by atoms with E-state index < -0.39 is 30.1 Å². The third kappa shape index (κ3) is 4.14. The summed E-state index contributed by atoms with van der Waals surface area (Å²) in [5.74, 6) is -0.293. The number of benzene rings is 1. The average Bonchev–Trinajstić information content (AvgIpc) is 3.65. The number of anilines is 2. The predicted octanol–water partition coefficient (Wildman–Crippen LogP) is 5.25. The fraction of sp³-hybridized carbons (Fsp3) is 0.400. The molecule has 3 aromatic rings. The molecule has 4 heterocycles. The van der Waals surface area contributed by atoms with Crippen molar-refractivity contribution in [3.8, 4) is 11.5 Å². The van der Waals surface area contributed by atoms with E-state index in [1.54, 1.807) is 25.1 Å². The van der Waals surface area contributed by atoms with Gasteiger partial charge in [0.1, 0.15) is 16.4 Å². The van der Waals surface area contributed by atoms with Crippen LogP contribution in [0.4, 0.5) is 24.0 Å². The molecule has 200 valence electrons. The first-order valence-corrected chi connectivity index (χ1v) is 13.0. The van der Waals surface area contributed by atoms with Gasteiger partial charge in [0.15, 0.2) is 17.5 Å². The minimum absolute atomic E-state index is 0.0408. The van der Waals surface area contributed by atoms with E-state index in [9.17, 15) is 22.8 Å². The van der Waals surface area contributed by atoms with Gasteiger partial charge in [0.2, 0.25) is 6.79 Å². The van der Waals surface area contributed by atoms with Crippen molar-refractivity contribution in [2.24, 2.45) is 0 Å². The number of carbonyl (C=O) groups excluding carboxylic acids is 2. The summed E-state index contributed by atoms with van der Waals surface area (Å²) in [6.45, 7) is 1.91. The Balaban J connectivity index is 1.33. The van der Waals surface area contributed by atoms with Crippen LogP contribution in [-0.4, -0.2) is 41.2 Å². The quantitative estimate of drug-likeness (QED) is 0.420. The first-order valence-electron chi connectivity index (χ1n) is 12.2. The molecule has 0 unspecified atom stereocenters. The Morgan fingerprint density at radius 1 is 1.26 bits per heavy atom. The van der Waals surface area contributed by atoms with Crippen molar-refractivity contribution in [1.29, 1.82) is 0 Å². The summed E-state index contributed by atoms with van der Waals surface area (Å²) in [5, 5.41) is 10.1. The number of nitrogens with zero attached hydrogens (tertiary/aromatic N) is 2. The van der Waals surface area contributed by atoms with Crippen LogP contribution in [0.15, 0.2) is 24.4 Å². The lowest BCUT2D eigenvalue weighted by Gasteiger charge is -2.34. The van der Waals surface area contributed by atoms with Crippen LogP contribution in [0.2, 0.25) is 0 Å². The summed E-state index contributed by atoms with van der Waals surface area (Å²) in [6, 6.07) is 2.24. The molecule has 0 saturated carbocycles. The third-order valence-corrected chi connectivity index (χ3v) is 8.12. The maximum absolute atomic E-state index is 14.1. The summed E-state index contributed by atoms with van der Waals surface area (Å²) in [7, 11) is 0. The van der Waals surface area contributed by atoms with E-state index in [2.05, 4.69) is 15.7 Å². The molecule has 0 saturated heterocycles. The number of hydrogen-bond acceptors (Lipinski definition) is 8. The number of amides is 1. The Bertz CT molecular complexity index is 1430. The molecule has 2 N–H and O–H groups in total. The SMILES string of the molecule is CCOC(=O)c1c(NC(=O)c2cnn3c2N[C@@H](c2ccc4c(c2)OCO4)C[C@H]3C(F)(F)F)sc2c1CCC2. The first kappa shape index (κ1) is 24.6. The van der Waals surface area contributed by atoms with Gasteiger partial charge in [-0.25, -0.2) is 9.48 Å². The maximum Gasteiger partial charge on any atom is 0.410 e. The number of halogens is 3. The van der Waals surface area contributed by atoms with Crippen LogP contribution in [-0.2, 0) is 17.6 Å². The summed E-state index contributed by atoms with van der Waals surface area (Å²) in [5.41, 5.74) is 1.67. The van der Waals surface area contributed by atoms with Gasteiger partial charge in [-0.3, -0.25) is 4.79 Å². The number of alkyl halides is 3. The molecule has 0 spiro atoms. The largest absolute Gasteiger partial charge is 0.462 e. The van der Waals surface area contributed by atoms with E-state index in [0.717, 1.165) is 34.2 Å². The second-order valence-corrected chi connectivity index (χ2v) is 10.3. The van der Waals surface area contributed by atoms with Gasteiger partial charge >= 0.3 is 12.1 Å².